The number of fused-ring (bicyclic) bond motifs is 1. The van der Waals surface area contributed by atoms with Crippen molar-refractivity contribution in [3.8, 4) is 11.5 Å². The largest absolute Gasteiger partial charge is 0.493 e. The van der Waals surface area contributed by atoms with Crippen molar-refractivity contribution in [2.45, 2.75) is 45.6 Å². The lowest BCUT2D eigenvalue weighted by molar-refractivity contribution is 0.336. The Labute approximate surface area is 116 Å². The summed E-state index contributed by atoms with van der Waals surface area (Å²) in [7, 11) is 3.44. The normalized spacial score (nSPS) is 21.9. The number of hydrogen-bond donors (Lipinski definition) is 1. The number of aryl methyl sites for hydroxylation is 1. The van der Waals surface area contributed by atoms with Gasteiger partial charge in [-0.3, -0.25) is 0 Å². The molecule has 2 unspecified atom stereocenters. The summed E-state index contributed by atoms with van der Waals surface area (Å²) in [5, 5.41) is 3.58. The first-order chi connectivity index (χ1) is 9.13. The van der Waals surface area contributed by atoms with Gasteiger partial charge in [-0.25, -0.2) is 0 Å². The van der Waals surface area contributed by atoms with Crippen LogP contribution in [0.3, 0.4) is 0 Å². The van der Waals surface area contributed by atoms with Crippen LogP contribution >= 0.6 is 0 Å². The molecular formula is C16H25NO2. The summed E-state index contributed by atoms with van der Waals surface area (Å²) in [5.74, 6) is 2.33. The van der Waals surface area contributed by atoms with E-state index in [4.69, 9.17) is 9.47 Å². The zero-order valence-corrected chi connectivity index (χ0v) is 12.7. The third kappa shape index (κ3) is 2.44. The minimum atomic E-state index is 0.375. The van der Waals surface area contributed by atoms with Gasteiger partial charge in [0.25, 0.3) is 0 Å². The Balaban J connectivity index is 2.63. The maximum Gasteiger partial charge on any atom is 0.165 e. The molecule has 1 aliphatic rings. The van der Waals surface area contributed by atoms with Gasteiger partial charge in [-0.15, -0.1) is 0 Å². The van der Waals surface area contributed by atoms with E-state index in [9.17, 15) is 0 Å². The monoisotopic (exact) mass is 263 g/mol. The number of rotatable bonds is 4. The highest BCUT2D eigenvalue weighted by Crippen LogP contribution is 2.47. The lowest BCUT2D eigenvalue weighted by Gasteiger charge is -2.33. The van der Waals surface area contributed by atoms with Crippen molar-refractivity contribution in [1.82, 2.24) is 5.32 Å². The average Bonchev–Trinajstić information content (AvgIpc) is 2.41. The molecule has 0 aromatic heterocycles. The Hall–Kier alpha value is -1.22. The maximum atomic E-state index is 5.65. The fourth-order valence-electron chi connectivity index (χ4n) is 3.33. The average molecular weight is 263 g/mol. The number of methoxy groups -OCH3 is 2. The number of nitrogens with one attached hydrogen (secondary N) is 1. The van der Waals surface area contributed by atoms with Crippen molar-refractivity contribution in [3.63, 3.8) is 0 Å². The topological polar surface area (TPSA) is 30.5 Å². The molecule has 3 nitrogen and oxygen atoms in total. The number of ether oxygens (including phenoxy) is 2. The molecule has 2 atom stereocenters. The molecule has 0 saturated heterocycles. The molecule has 0 amide bonds. The third-order valence-corrected chi connectivity index (χ3v) is 4.14. The van der Waals surface area contributed by atoms with Gasteiger partial charge >= 0.3 is 0 Å². The van der Waals surface area contributed by atoms with E-state index < -0.39 is 0 Å². The Morgan fingerprint density at radius 1 is 1.21 bits per heavy atom. The molecule has 0 fully saturated rings. The van der Waals surface area contributed by atoms with E-state index in [0.717, 1.165) is 24.5 Å². The summed E-state index contributed by atoms with van der Waals surface area (Å²) >= 11 is 0. The molecule has 3 heteroatoms. The highest BCUT2D eigenvalue weighted by atomic mass is 16.5. The van der Waals surface area contributed by atoms with Crippen molar-refractivity contribution in [1.29, 1.82) is 0 Å². The Morgan fingerprint density at radius 2 is 1.95 bits per heavy atom. The van der Waals surface area contributed by atoms with E-state index in [1.807, 2.05) is 0 Å². The molecule has 1 aliphatic carbocycles. The molecule has 106 valence electrons. The van der Waals surface area contributed by atoms with Gasteiger partial charge in [0.1, 0.15) is 0 Å². The van der Waals surface area contributed by atoms with Gasteiger partial charge in [-0.2, -0.15) is 0 Å². The minimum Gasteiger partial charge on any atom is -0.493 e. The van der Waals surface area contributed by atoms with Crippen molar-refractivity contribution >= 4 is 0 Å². The predicted octanol–water partition coefficient (Wildman–Crippen LogP) is 3.56. The molecule has 1 N–H and O–H groups in total. The van der Waals surface area contributed by atoms with E-state index in [0.29, 0.717) is 12.0 Å². The highest BCUT2D eigenvalue weighted by molar-refractivity contribution is 5.57. The number of benzene rings is 1. The molecule has 0 aliphatic heterocycles. The Bertz CT molecular complexity index is 457. The van der Waals surface area contributed by atoms with E-state index in [2.05, 4.69) is 32.2 Å². The maximum absolute atomic E-state index is 5.65. The summed E-state index contributed by atoms with van der Waals surface area (Å²) < 4.78 is 11.1. The van der Waals surface area contributed by atoms with E-state index in [-0.39, 0.29) is 0 Å². The van der Waals surface area contributed by atoms with Gasteiger partial charge in [0, 0.05) is 11.6 Å². The summed E-state index contributed by atoms with van der Waals surface area (Å²) in [4.78, 5) is 0. The molecule has 0 bridgehead atoms. The predicted molar refractivity (Wildman–Crippen MR) is 78.3 cm³/mol. The quantitative estimate of drug-likeness (QED) is 0.901. The SMILES string of the molecule is CCNC1CCC(C)c2c(C)cc(OC)c(OC)c21. The Kier molecular flexibility index (Phi) is 4.35. The van der Waals surface area contributed by atoms with Crippen LogP contribution < -0.4 is 14.8 Å². The second-order valence-corrected chi connectivity index (χ2v) is 5.34. The Morgan fingerprint density at radius 3 is 2.53 bits per heavy atom. The van der Waals surface area contributed by atoms with Crippen molar-refractivity contribution in [2.75, 3.05) is 20.8 Å². The summed E-state index contributed by atoms with van der Waals surface area (Å²) in [6.45, 7) is 7.60. The van der Waals surface area contributed by atoms with E-state index in [1.54, 1.807) is 14.2 Å². The first kappa shape index (κ1) is 14.2. The summed E-state index contributed by atoms with van der Waals surface area (Å²) in [6, 6.07) is 2.47. The lowest BCUT2D eigenvalue weighted by atomic mass is 9.78. The van der Waals surface area contributed by atoms with Gasteiger partial charge in [0.15, 0.2) is 11.5 Å². The van der Waals surface area contributed by atoms with E-state index >= 15 is 0 Å². The molecule has 19 heavy (non-hydrogen) atoms. The zero-order chi connectivity index (χ0) is 14.0. The van der Waals surface area contributed by atoms with Crippen molar-refractivity contribution in [3.05, 3.63) is 22.8 Å². The molecule has 0 heterocycles. The van der Waals surface area contributed by atoms with Crippen molar-refractivity contribution < 1.29 is 9.47 Å². The first-order valence-electron chi connectivity index (χ1n) is 7.12. The van der Waals surface area contributed by atoms with Crippen LogP contribution in [-0.2, 0) is 0 Å². The van der Waals surface area contributed by atoms with Crippen LogP contribution in [0.1, 0.15) is 55.3 Å². The molecular weight excluding hydrogens is 238 g/mol. The zero-order valence-electron chi connectivity index (χ0n) is 12.7. The van der Waals surface area contributed by atoms with E-state index in [1.165, 1.54) is 23.1 Å². The van der Waals surface area contributed by atoms with Crippen LogP contribution in [0.25, 0.3) is 0 Å². The second-order valence-electron chi connectivity index (χ2n) is 5.34. The first-order valence-corrected chi connectivity index (χ1v) is 7.12. The van der Waals surface area contributed by atoms with Gasteiger partial charge in [-0.05, 0) is 49.4 Å². The van der Waals surface area contributed by atoms with Crippen LogP contribution in [0.5, 0.6) is 11.5 Å². The second kappa shape index (κ2) is 5.83. The standard InChI is InChI=1S/C16H25NO2/c1-6-17-12-8-7-10(2)14-11(3)9-13(18-4)16(19-5)15(12)14/h9-10,12,17H,6-8H2,1-5H3. The van der Waals surface area contributed by atoms with Gasteiger partial charge < -0.3 is 14.8 Å². The third-order valence-electron chi connectivity index (χ3n) is 4.14. The van der Waals surface area contributed by atoms with Gasteiger partial charge in [0.05, 0.1) is 14.2 Å². The molecule has 0 spiro atoms. The molecule has 1 aromatic carbocycles. The summed E-state index contributed by atoms with van der Waals surface area (Å²) in [6.07, 6.45) is 2.38. The number of hydrogen-bond acceptors (Lipinski definition) is 3. The van der Waals surface area contributed by atoms with Crippen LogP contribution in [-0.4, -0.2) is 20.8 Å². The van der Waals surface area contributed by atoms with Gasteiger partial charge in [-0.1, -0.05) is 13.8 Å². The molecule has 0 radical (unpaired) electrons. The fourth-order valence-corrected chi connectivity index (χ4v) is 3.33. The highest BCUT2D eigenvalue weighted by Gasteiger charge is 2.30. The van der Waals surface area contributed by atoms with Crippen molar-refractivity contribution in [2.24, 2.45) is 0 Å². The lowest BCUT2D eigenvalue weighted by Crippen LogP contribution is -2.27. The minimum absolute atomic E-state index is 0.375. The smallest absolute Gasteiger partial charge is 0.165 e. The van der Waals surface area contributed by atoms with Gasteiger partial charge in [0.2, 0.25) is 0 Å². The van der Waals surface area contributed by atoms with Crippen LogP contribution in [0.4, 0.5) is 0 Å². The molecule has 1 aromatic rings. The van der Waals surface area contributed by atoms with Crippen LogP contribution in [0.2, 0.25) is 0 Å². The molecule has 0 saturated carbocycles. The van der Waals surface area contributed by atoms with Crippen LogP contribution in [0, 0.1) is 6.92 Å². The summed E-state index contributed by atoms with van der Waals surface area (Å²) in [5.41, 5.74) is 4.05. The molecule has 2 rings (SSSR count). The fraction of sp³-hybridized carbons (Fsp3) is 0.625. The van der Waals surface area contributed by atoms with Crippen LogP contribution in [0.15, 0.2) is 6.07 Å².